The minimum Gasteiger partial charge on any atom is -0.493 e. The standard InChI is InChI=1S/C18H21N3O6S/c1-20(12-6-9-28(25,26)11-12)15(22)10-21-16(23)18(19-17(21)24)7-8-27-14-5-3-2-4-13(14)18/h2-5,12H,6-11H2,1H3,(H,19,24)/t12-,18+/m0/s1. The van der Waals surface area contributed by atoms with Crippen molar-refractivity contribution in [3.05, 3.63) is 29.8 Å². The molecule has 2 atom stereocenters. The van der Waals surface area contributed by atoms with E-state index in [4.69, 9.17) is 4.74 Å². The summed E-state index contributed by atoms with van der Waals surface area (Å²) < 4.78 is 28.9. The summed E-state index contributed by atoms with van der Waals surface area (Å²) in [6.45, 7) is -0.160. The van der Waals surface area contributed by atoms with Crippen LogP contribution in [0.1, 0.15) is 18.4 Å². The number of urea groups is 1. The summed E-state index contributed by atoms with van der Waals surface area (Å²) in [5.74, 6) is -0.483. The number of carbonyl (C=O) groups excluding carboxylic acids is 3. The molecule has 4 amide bonds. The number of benzene rings is 1. The van der Waals surface area contributed by atoms with E-state index in [2.05, 4.69) is 5.32 Å². The number of nitrogens with zero attached hydrogens (tertiary/aromatic N) is 2. The molecule has 1 N–H and O–H groups in total. The van der Waals surface area contributed by atoms with Crippen molar-refractivity contribution in [2.45, 2.75) is 24.4 Å². The van der Waals surface area contributed by atoms with E-state index in [1.165, 1.54) is 11.9 Å². The Kier molecular flexibility index (Phi) is 4.33. The van der Waals surface area contributed by atoms with Gasteiger partial charge < -0.3 is 15.0 Å². The van der Waals surface area contributed by atoms with Gasteiger partial charge in [-0.2, -0.15) is 0 Å². The second kappa shape index (κ2) is 6.47. The molecule has 0 unspecified atom stereocenters. The third-order valence-electron chi connectivity index (χ3n) is 5.70. The first-order valence-corrected chi connectivity index (χ1v) is 10.9. The van der Waals surface area contributed by atoms with Crippen molar-refractivity contribution in [3.63, 3.8) is 0 Å². The summed E-state index contributed by atoms with van der Waals surface area (Å²) in [4.78, 5) is 40.6. The van der Waals surface area contributed by atoms with Crippen LogP contribution >= 0.6 is 0 Å². The van der Waals surface area contributed by atoms with Crippen LogP contribution < -0.4 is 10.1 Å². The highest BCUT2D eigenvalue weighted by Crippen LogP contribution is 2.40. The molecule has 2 saturated heterocycles. The molecule has 9 nitrogen and oxygen atoms in total. The molecule has 0 saturated carbocycles. The number of amides is 4. The number of ether oxygens (including phenoxy) is 1. The van der Waals surface area contributed by atoms with Gasteiger partial charge in [0.2, 0.25) is 5.91 Å². The quantitative estimate of drug-likeness (QED) is 0.698. The van der Waals surface area contributed by atoms with Gasteiger partial charge in [-0.05, 0) is 12.5 Å². The van der Waals surface area contributed by atoms with Gasteiger partial charge >= 0.3 is 6.03 Å². The molecule has 10 heteroatoms. The number of para-hydroxylation sites is 1. The Balaban J connectivity index is 1.54. The van der Waals surface area contributed by atoms with Crippen molar-refractivity contribution in [2.75, 3.05) is 31.7 Å². The Labute approximate surface area is 162 Å². The van der Waals surface area contributed by atoms with Gasteiger partial charge in [0.1, 0.15) is 12.3 Å². The monoisotopic (exact) mass is 407 g/mol. The molecule has 2 fully saturated rings. The molecule has 28 heavy (non-hydrogen) atoms. The molecule has 0 aromatic heterocycles. The summed E-state index contributed by atoms with van der Waals surface area (Å²) in [6.07, 6.45) is 0.634. The molecule has 3 heterocycles. The normalized spacial score (nSPS) is 28.0. The topological polar surface area (TPSA) is 113 Å². The summed E-state index contributed by atoms with van der Waals surface area (Å²) in [5.41, 5.74) is -0.661. The zero-order chi connectivity index (χ0) is 20.1. The smallest absolute Gasteiger partial charge is 0.325 e. The molecule has 0 bridgehead atoms. The fraction of sp³-hybridized carbons (Fsp3) is 0.500. The molecule has 1 aromatic carbocycles. The molecule has 1 aromatic rings. The highest BCUT2D eigenvalue weighted by Gasteiger charge is 2.55. The van der Waals surface area contributed by atoms with Crippen molar-refractivity contribution in [2.24, 2.45) is 0 Å². The summed E-state index contributed by atoms with van der Waals surface area (Å²) in [5, 5.41) is 2.74. The first-order valence-electron chi connectivity index (χ1n) is 9.06. The zero-order valence-corrected chi connectivity index (χ0v) is 16.2. The minimum absolute atomic E-state index is 0.0400. The van der Waals surface area contributed by atoms with Crippen LogP contribution in [0.4, 0.5) is 4.79 Å². The largest absolute Gasteiger partial charge is 0.493 e. The highest BCUT2D eigenvalue weighted by atomic mass is 32.2. The summed E-state index contributed by atoms with van der Waals surface area (Å²) >= 11 is 0. The molecular weight excluding hydrogens is 386 g/mol. The zero-order valence-electron chi connectivity index (χ0n) is 15.4. The lowest BCUT2D eigenvalue weighted by atomic mass is 9.84. The summed E-state index contributed by atoms with van der Waals surface area (Å²) in [6, 6.07) is 5.94. The number of nitrogens with one attached hydrogen (secondary N) is 1. The van der Waals surface area contributed by atoms with E-state index >= 15 is 0 Å². The maximum Gasteiger partial charge on any atom is 0.325 e. The van der Waals surface area contributed by atoms with E-state index in [0.29, 0.717) is 17.7 Å². The van der Waals surface area contributed by atoms with E-state index < -0.39 is 45.8 Å². The molecule has 4 rings (SSSR count). The molecule has 0 radical (unpaired) electrons. The van der Waals surface area contributed by atoms with Crippen molar-refractivity contribution in [1.29, 1.82) is 0 Å². The predicted molar refractivity (Wildman–Crippen MR) is 98.3 cm³/mol. The van der Waals surface area contributed by atoms with Crippen LogP contribution in [-0.4, -0.2) is 73.8 Å². The van der Waals surface area contributed by atoms with Crippen molar-refractivity contribution >= 4 is 27.7 Å². The average molecular weight is 407 g/mol. The van der Waals surface area contributed by atoms with Crippen molar-refractivity contribution < 1.29 is 27.5 Å². The van der Waals surface area contributed by atoms with Crippen LogP contribution in [0.15, 0.2) is 24.3 Å². The number of fused-ring (bicyclic) bond motifs is 2. The number of hydrogen-bond acceptors (Lipinski definition) is 6. The number of rotatable bonds is 3. The van der Waals surface area contributed by atoms with E-state index in [9.17, 15) is 22.8 Å². The average Bonchev–Trinajstić information content (AvgIpc) is 3.14. The van der Waals surface area contributed by atoms with Gasteiger partial charge in [0.05, 0.1) is 18.1 Å². The number of likely N-dealkylation sites (N-methyl/N-ethyl adjacent to an activating group) is 1. The van der Waals surface area contributed by atoms with Crippen LogP contribution in [0.25, 0.3) is 0 Å². The van der Waals surface area contributed by atoms with Crippen molar-refractivity contribution in [3.8, 4) is 5.75 Å². The Hall–Kier alpha value is -2.62. The Morgan fingerprint density at radius 2 is 2.11 bits per heavy atom. The molecule has 150 valence electrons. The minimum atomic E-state index is -3.15. The third-order valence-corrected chi connectivity index (χ3v) is 7.45. The van der Waals surface area contributed by atoms with Crippen LogP contribution in [0, 0.1) is 0 Å². The Bertz CT molecular complexity index is 962. The SMILES string of the molecule is CN(C(=O)CN1C(=O)N[C@@]2(CCOc3ccccc32)C1=O)[C@H]1CCS(=O)(=O)C1. The van der Waals surface area contributed by atoms with Gasteiger partial charge in [-0.25, -0.2) is 13.2 Å². The van der Waals surface area contributed by atoms with Gasteiger partial charge in [0.25, 0.3) is 5.91 Å². The maximum atomic E-state index is 13.2. The van der Waals surface area contributed by atoms with Gasteiger partial charge in [0.15, 0.2) is 15.4 Å². The summed E-state index contributed by atoms with van der Waals surface area (Å²) in [7, 11) is -1.64. The van der Waals surface area contributed by atoms with Crippen LogP contribution in [0.3, 0.4) is 0 Å². The van der Waals surface area contributed by atoms with Gasteiger partial charge in [0, 0.05) is 25.1 Å². The van der Waals surface area contributed by atoms with E-state index in [1.807, 2.05) is 0 Å². The highest BCUT2D eigenvalue weighted by molar-refractivity contribution is 7.91. The second-order valence-electron chi connectivity index (χ2n) is 7.38. The van der Waals surface area contributed by atoms with Crippen LogP contribution in [0.5, 0.6) is 5.75 Å². The fourth-order valence-corrected chi connectivity index (χ4v) is 5.82. The first-order chi connectivity index (χ1) is 13.2. The Morgan fingerprint density at radius 1 is 1.36 bits per heavy atom. The fourth-order valence-electron chi connectivity index (χ4n) is 4.05. The lowest BCUT2D eigenvalue weighted by Gasteiger charge is -2.33. The number of imide groups is 1. The lowest BCUT2D eigenvalue weighted by Crippen LogP contribution is -2.49. The maximum absolute atomic E-state index is 13.2. The third kappa shape index (κ3) is 2.92. The van der Waals surface area contributed by atoms with Crippen molar-refractivity contribution in [1.82, 2.24) is 15.1 Å². The number of sulfone groups is 1. The molecule has 0 aliphatic carbocycles. The van der Waals surface area contributed by atoms with E-state index in [-0.39, 0.29) is 24.5 Å². The number of hydrogen-bond donors (Lipinski definition) is 1. The van der Waals surface area contributed by atoms with Gasteiger partial charge in [-0.15, -0.1) is 0 Å². The van der Waals surface area contributed by atoms with Gasteiger partial charge in [-0.1, -0.05) is 18.2 Å². The lowest BCUT2D eigenvalue weighted by molar-refractivity contribution is -0.139. The predicted octanol–water partition coefficient (Wildman–Crippen LogP) is -0.138. The van der Waals surface area contributed by atoms with E-state index in [1.54, 1.807) is 24.3 Å². The molecule has 1 spiro atoms. The number of carbonyl (C=O) groups is 3. The first kappa shape index (κ1) is 18.7. The van der Waals surface area contributed by atoms with Crippen LogP contribution in [-0.2, 0) is 25.0 Å². The van der Waals surface area contributed by atoms with Gasteiger partial charge in [-0.3, -0.25) is 14.5 Å². The van der Waals surface area contributed by atoms with E-state index in [0.717, 1.165) is 4.90 Å². The Morgan fingerprint density at radius 3 is 2.82 bits per heavy atom. The molecule has 3 aliphatic heterocycles. The second-order valence-corrected chi connectivity index (χ2v) is 9.61. The molecular formula is C18H21N3O6S. The van der Waals surface area contributed by atoms with Crippen LogP contribution in [0.2, 0.25) is 0 Å². The molecule has 3 aliphatic rings.